The summed E-state index contributed by atoms with van der Waals surface area (Å²) in [4.78, 5) is 35.2. The van der Waals surface area contributed by atoms with Crippen LogP contribution in [0.15, 0.2) is 30.3 Å². The summed E-state index contributed by atoms with van der Waals surface area (Å²) >= 11 is 0. The summed E-state index contributed by atoms with van der Waals surface area (Å²) in [5.41, 5.74) is -0.335. The van der Waals surface area contributed by atoms with E-state index in [-0.39, 0.29) is 5.78 Å². The van der Waals surface area contributed by atoms with E-state index in [1.807, 2.05) is 0 Å². The van der Waals surface area contributed by atoms with Gasteiger partial charge in [0.15, 0.2) is 18.4 Å². The number of alkyl carbamates (subject to hydrolysis) is 1. The smallest absolute Gasteiger partial charge is 0.408 e. The zero-order valence-electron chi connectivity index (χ0n) is 13.4. The van der Waals surface area contributed by atoms with E-state index < -0.39 is 36.9 Å². The minimum atomic E-state index is -1.30. The van der Waals surface area contributed by atoms with Gasteiger partial charge >= 0.3 is 12.1 Å². The molecule has 0 aromatic heterocycles. The van der Waals surface area contributed by atoms with Crippen LogP contribution in [0.2, 0.25) is 0 Å². The van der Waals surface area contributed by atoms with Gasteiger partial charge in [-0.2, -0.15) is 0 Å². The van der Waals surface area contributed by atoms with Crippen molar-refractivity contribution in [3.05, 3.63) is 35.9 Å². The molecule has 1 atom stereocenters. The molecule has 0 bridgehead atoms. The van der Waals surface area contributed by atoms with E-state index in [1.54, 1.807) is 51.1 Å². The van der Waals surface area contributed by atoms with E-state index in [4.69, 9.17) is 14.6 Å². The Kier molecular flexibility index (Phi) is 6.71. The summed E-state index contributed by atoms with van der Waals surface area (Å²) in [5.74, 6) is -1.30. The summed E-state index contributed by atoms with van der Waals surface area (Å²) in [6.45, 7) is 3.85. The quantitative estimate of drug-likeness (QED) is 0.604. The number of Topliss-reactive ketones (excluding diaryl/α,β-unsaturated/α-hetero) is 1. The number of esters is 1. The Labute approximate surface area is 134 Å². The molecule has 7 nitrogen and oxygen atoms in total. The molecule has 0 heterocycles. The van der Waals surface area contributed by atoms with Gasteiger partial charge in [0.2, 0.25) is 0 Å². The fraction of sp³-hybridized carbons (Fsp3) is 0.438. The van der Waals surface area contributed by atoms with E-state index in [0.717, 1.165) is 0 Å². The van der Waals surface area contributed by atoms with Crippen molar-refractivity contribution in [3.63, 3.8) is 0 Å². The van der Waals surface area contributed by atoms with Crippen molar-refractivity contribution in [2.75, 3.05) is 13.2 Å². The van der Waals surface area contributed by atoms with Crippen LogP contribution in [-0.2, 0) is 14.3 Å². The van der Waals surface area contributed by atoms with Crippen LogP contribution < -0.4 is 5.32 Å². The maximum Gasteiger partial charge on any atom is 0.408 e. The number of aliphatic hydroxyl groups is 1. The maximum atomic E-state index is 11.8. The van der Waals surface area contributed by atoms with Crippen molar-refractivity contribution < 1.29 is 29.0 Å². The molecular weight excluding hydrogens is 302 g/mol. The minimum Gasteiger partial charge on any atom is -0.456 e. The molecule has 0 radical (unpaired) electrons. The Hall–Kier alpha value is -2.41. The molecule has 1 amide bonds. The molecule has 0 aliphatic rings. The summed E-state index contributed by atoms with van der Waals surface area (Å²) < 4.78 is 9.80. The third-order valence-corrected chi connectivity index (χ3v) is 2.60. The van der Waals surface area contributed by atoms with Gasteiger partial charge in [-0.25, -0.2) is 9.59 Å². The number of hydrogen-bond acceptors (Lipinski definition) is 6. The summed E-state index contributed by atoms with van der Waals surface area (Å²) in [6, 6.07) is 7.03. The number of carbonyl (C=O) groups excluding carboxylic acids is 3. The molecule has 2 N–H and O–H groups in total. The fourth-order valence-corrected chi connectivity index (χ4v) is 1.57. The highest BCUT2D eigenvalue weighted by Gasteiger charge is 2.25. The number of benzene rings is 1. The van der Waals surface area contributed by atoms with Gasteiger partial charge in [-0.3, -0.25) is 4.79 Å². The molecule has 23 heavy (non-hydrogen) atoms. The molecule has 0 aliphatic heterocycles. The van der Waals surface area contributed by atoms with E-state index in [9.17, 15) is 14.4 Å². The van der Waals surface area contributed by atoms with E-state index in [0.29, 0.717) is 5.56 Å². The van der Waals surface area contributed by atoms with Crippen molar-refractivity contribution >= 4 is 17.8 Å². The van der Waals surface area contributed by atoms with Gasteiger partial charge in [0.25, 0.3) is 0 Å². The Morgan fingerprint density at radius 3 is 2.30 bits per heavy atom. The average Bonchev–Trinajstić information content (AvgIpc) is 2.49. The lowest BCUT2D eigenvalue weighted by molar-refractivity contribution is -0.146. The molecule has 1 rings (SSSR count). The number of aliphatic hydroxyl groups excluding tert-OH is 1. The zero-order chi connectivity index (χ0) is 17.5. The van der Waals surface area contributed by atoms with E-state index >= 15 is 0 Å². The average molecular weight is 323 g/mol. The second-order valence-corrected chi connectivity index (χ2v) is 5.78. The Bertz CT molecular complexity index is 549. The highest BCUT2D eigenvalue weighted by atomic mass is 16.6. The normalized spacial score (nSPS) is 12.2. The predicted octanol–water partition coefficient (Wildman–Crippen LogP) is 1.30. The van der Waals surface area contributed by atoms with Crippen LogP contribution in [-0.4, -0.2) is 47.8 Å². The fourth-order valence-electron chi connectivity index (χ4n) is 1.57. The Morgan fingerprint density at radius 2 is 1.78 bits per heavy atom. The third-order valence-electron chi connectivity index (χ3n) is 2.60. The van der Waals surface area contributed by atoms with Gasteiger partial charge in [-0.15, -0.1) is 0 Å². The van der Waals surface area contributed by atoms with Crippen LogP contribution in [0, 0.1) is 0 Å². The summed E-state index contributed by atoms with van der Waals surface area (Å²) in [7, 11) is 0. The molecule has 0 saturated carbocycles. The minimum absolute atomic E-state index is 0.382. The molecule has 1 aromatic carbocycles. The lowest BCUT2D eigenvalue weighted by atomic mass is 10.1. The first-order valence-corrected chi connectivity index (χ1v) is 7.08. The lowest BCUT2D eigenvalue weighted by Gasteiger charge is -2.22. The van der Waals surface area contributed by atoms with Crippen LogP contribution in [0.4, 0.5) is 4.79 Å². The van der Waals surface area contributed by atoms with Crippen LogP contribution in [0.1, 0.15) is 31.1 Å². The van der Waals surface area contributed by atoms with Crippen LogP contribution >= 0.6 is 0 Å². The predicted molar refractivity (Wildman–Crippen MR) is 82.0 cm³/mol. The molecule has 7 heteroatoms. The van der Waals surface area contributed by atoms with Crippen molar-refractivity contribution in [2.24, 2.45) is 0 Å². The second kappa shape index (κ2) is 8.28. The number of carbonyl (C=O) groups is 3. The van der Waals surface area contributed by atoms with Gasteiger partial charge < -0.3 is 19.9 Å². The van der Waals surface area contributed by atoms with Crippen LogP contribution in [0.25, 0.3) is 0 Å². The van der Waals surface area contributed by atoms with Crippen LogP contribution in [0.3, 0.4) is 0 Å². The first-order valence-electron chi connectivity index (χ1n) is 7.08. The zero-order valence-corrected chi connectivity index (χ0v) is 13.4. The number of hydrogen-bond donors (Lipinski definition) is 2. The molecule has 126 valence electrons. The molecule has 1 aromatic rings. The monoisotopic (exact) mass is 323 g/mol. The molecular formula is C16H21NO6. The van der Waals surface area contributed by atoms with Crippen molar-refractivity contribution in [1.82, 2.24) is 5.32 Å². The number of ether oxygens (including phenoxy) is 2. The summed E-state index contributed by atoms with van der Waals surface area (Å²) in [5, 5.41) is 11.4. The standard InChI is InChI=1S/C16H21NO6/c1-16(2,3)23-15(21)17-12(9-18)14(20)22-10-13(19)11-7-5-4-6-8-11/h4-8,12,18H,9-10H2,1-3H3,(H,17,21). The molecule has 0 saturated heterocycles. The Balaban J connectivity index is 2.51. The topological polar surface area (TPSA) is 102 Å². The molecule has 1 unspecified atom stereocenters. The van der Waals surface area contributed by atoms with E-state index in [2.05, 4.69) is 5.32 Å². The number of amides is 1. The highest BCUT2D eigenvalue weighted by molar-refractivity contribution is 5.98. The first kappa shape index (κ1) is 18.6. The van der Waals surface area contributed by atoms with Gasteiger partial charge in [0, 0.05) is 5.56 Å². The molecule has 0 aliphatic carbocycles. The maximum absolute atomic E-state index is 11.8. The number of ketones is 1. The highest BCUT2D eigenvalue weighted by Crippen LogP contribution is 2.07. The molecule has 0 spiro atoms. The van der Waals surface area contributed by atoms with Gasteiger partial charge in [0.1, 0.15) is 5.60 Å². The SMILES string of the molecule is CC(C)(C)OC(=O)NC(CO)C(=O)OCC(=O)c1ccccc1. The van der Waals surface area contributed by atoms with Crippen molar-refractivity contribution in [3.8, 4) is 0 Å². The molecule has 0 fully saturated rings. The van der Waals surface area contributed by atoms with Gasteiger partial charge in [-0.05, 0) is 20.8 Å². The second-order valence-electron chi connectivity index (χ2n) is 5.78. The number of nitrogens with one attached hydrogen (secondary N) is 1. The number of rotatable bonds is 6. The van der Waals surface area contributed by atoms with Gasteiger partial charge in [-0.1, -0.05) is 30.3 Å². The van der Waals surface area contributed by atoms with Gasteiger partial charge in [0.05, 0.1) is 6.61 Å². The Morgan fingerprint density at radius 1 is 1.17 bits per heavy atom. The van der Waals surface area contributed by atoms with Crippen molar-refractivity contribution in [2.45, 2.75) is 32.4 Å². The van der Waals surface area contributed by atoms with Crippen LogP contribution in [0.5, 0.6) is 0 Å². The first-order chi connectivity index (χ1) is 10.7. The lowest BCUT2D eigenvalue weighted by Crippen LogP contribution is -2.46. The third kappa shape index (κ3) is 6.92. The van der Waals surface area contributed by atoms with E-state index in [1.165, 1.54) is 0 Å². The summed E-state index contributed by atoms with van der Waals surface area (Å²) in [6.07, 6.45) is -0.858. The largest absolute Gasteiger partial charge is 0.456 e. The van der Waals surface area contributed by atoms with Crippen molar-refractivity contribution in [1.29, 1.82) is 0 Å².